The molecule has 0 spiro atoms. The van der Waals surface area contributed by atoms with Crippen LogP contribution in [-0.4, -0.2) is 30.7 Å². The van der Waals surface area contributed by atoms with Gasteiger partial charge in [0.1, 0.15) is 0 Å². The number of hydrogen-bond acceptors (Lipinski definition) is 4. The summed E-state index contributed by atoms with van der Waals surface area (Å²) in [6, 6.07) is 6.49. The van der Waals surface area contributed by atoms with Crippen molar-refractivity contribution in [3.05, 3.63) is 29.8 Å². The van der Waals surface area contributed by atoms with E-state index < -0.39 is 20.8 Å². The lowest BCUT2D eigenvalue weighted by molar-refractivity contribution is 0.568. The van der Waals surface area contributed by atoms with Crippen LogP contribution in [0.1, 0.15) is 25.5 Å². The zero-order chi connectivity index (χ0) is 14.6. The van der Waals surface area contributed by atoms with E-state index in [2.05, 4.69) is 5.32 Å². The monoisotopic (exact) mass is 304 g/mol. The van der Waals surface area contributed by atoms with Crippen molar-refractivity contribution in [1.29, 1.82) is 0 Å². The first-order valence-corrected chi connectivity index (χ1v) is 9.07. The van der Waals surface area contributed by atoms with Crippen LogP contribution in [0.25, 0.3) is 0 Å². The largest absolute Gasteiger partial charge is 0.309 e. The standard InChI is InChI=1S/C12H20N2O3S2/c1-9(18(3)15)8-14-10(2)11-4-6-12(7-5-11)19(13,16)17/h4-7,9-10,14H,8H2,1-3H3,(H2,13,16,17). The van der Waals surface area contributed by atoms with Crippen molar-refractivity contribution in [1.82, 2.24) is 5.32 Å². The molecule has 0 fully saturated rings. The van der Waals surface area contributed by atoms with Gasteiger partial charge in [-0.2, -0.15) is 0 Å². The number of sulfonamides is 1. The number of nitrogens with two attached hydrogens (primary N) is 1. The molecule has 3 N–H and O–H groups in total. The Balaban J connectivity index is 2.68. The molecule has 0 radical (unpaired) electrons. The Labute approximate surface area is 117 Å². The van der Waals surface area contributed by atoms with Gasteiger partial charge in [0, 0.05) is 34.9 Å². The molecular weight excluding hydrogens is 284 g/mol. The summed E-state index contributed by atoms with van der Waals surface area (Å²) < 4.78 is 33.5. The lowest BCUT2D eigenvalue weighted by Gasteiger charge is -2.17. The molecule has 3 unspecified atom stereocenters. The predicted octanol–water partition coefficient (Wildman–Crippen LogP) is 0.752. The molecular formula is C12H20N2O3S2. The Morgan fingerprint density at radius 3 is 2.21 bits per heavy atom. The van der Waals surface area contributed by atoms with Gasteiger partial charge in [0.05, 0.1) is 4.90 Å². The van der Waals surface area contributed by atoms with E-state index in [0.717, 1.165) is 5.56 Å². The second-order valence-corrected chi connectivity index (χ2v) is 7.92. The van der Waals surface area contributed by atoms with Crippen LogP contribution in [0.5, 0.6) is 0 Å². The topological polar surface area (TPSA) is 89.3 Å². The lowest BCUT2D eigenvalue weighted by atomic mass is 10.1. The number of hydrogen-bond donors (Lipinski definition) is 2. The van der Waals surface area contributed by atoms with Crippen LogP contribution in [0.2, 0.25) is 0 Å². The fraction of sp³-hybridized carbons (Fsp3) is 0.500. The molecule has 0 aliphatic carbocycles. The first kappa shape index (κ1) is 16.3. The molecule has 1 aromatic carbocycles. The normalized spacial score (nSPS) is 16.8. The maximum atomic E-state index is 11.2. The van der Waals surface area contributed by atoms with Gasteiger partial charge in [-0.3, -0.25) is 4.21 Å². The van der Waals surface area contributed by atoms with Crippen LogP contribution in [-0.2, 0) is 20.8 Å². The van der Waals surface area contributed by atoms with Gasteiger partial charge in [0.25, 0.3) is 0 Å². The highest BCUT2D eigenvalue weighted by Crippen LogP contribution is 2.15. The minimum atomic E-state index is -3.64. The van der Waals surface area contributed by atoms with Gasteiger partial charge in [-0.1, -0.05) is 12.1 Å². The van der Waals surface area contributed by atoms with Gasteiger partial charge in [-0.15, -0.1) is 0 Å². The number of rotatable bonds is 6. The van der Waals surface area contributed by atoms with E-state index in [-0.39, 0.29) is 16.2 Å². The van der Waals surface area contributed by atoms with Crippen LogP contribution in [0.15, 0.2) is 29.2 Å². The smallest absolute Gasteiger partial charge is 0.238 e. The summed E-state index contributed by atoms with van der Waals surface area (Å²) in [4.78, 5) is 0.103. The SMILES string of the molecule is CC(NCC(C)S(C)=O)c1ccc(S(N)(=O)=O)cc1. The highest BCUT2D eigenvalue weighted by molar-refractivity contribution is 7.89. The Hall–Kier alpha value is -0.760. The third-order valence-corrected chi connectivity index (χ3v) is 5.22. The molecule has 0 saturated heterocycles. The zero-order valence-electron chi connectivity index (χ0n) is 11.3. The minimum Gasteiger partial charge on any atom is -0.309 e. The summed E-state index contributed by atoms with van der Waals surface area (Å²) in [5.74, 6) is 0. The molecule has 0 amide bonds. The van der Waals surface area contributed by atoms with Crippen molar-refractivity contribution in [2.45, 2.75) is 30.0 Å². The van der Waals surface area contributed by atoms with Crippen molar-refractivity contribution >= 4 is 20.8 Å². The fourth-order valence-electron chi connectivity index (χ4n) is 1.52. The Morgan fingerprint density at radius 2 is 1.79 bits per heavy atom. The van der Waals surface area contributed by atoms with E-state index in [9.17, 15) is 12.6 Å². The lowest BCUT2D eigenvalue weighted by Crippen LogP contribution is -2.29. The molecule has 19 heavy (non-hydrogen) atoms. The zero-order valence-corrected chi connectivity index (χ0v) is 12.9. The second-order valence-electron chi connectivity index (χ2n) is 4.55. The quantitative estimate of drug-likeness (QED) is 0.811. The molecule has 3 atom stereocenters. The number of nitrogens with one attached hydrogen (secondary N) is 1. The summed E-state index contributed by atoms with van der Waals surface area (Å²) in [6.07, 6.45) is 1.68. The van der Waals surface area contributed by atoms with Crippen LogP contribution in [0.3, 0.4) is 0 Å². The molecule has 0 bridgehead atoms. The average Bonchev–Trinajstić information content (AvgIpc) is 2.34. The molecule has 7 heteroatoms. The van der Waals surface area contributed by atoms with Gasteiger partial charge >= 0.3 is 0 Å². The van der Waals surface area contributed by atoms with Crippen molar-refractivity contribution in [2.24, 2.45) is 5.14 Å². The highest BCUT2D eigenvalue weighted by atomic mass is 32.2. The maximum Gasteiger partial charge on any atom is 0.238 e. The van der Waals surface area contributed by atoms with Crippen LogP contribution >= 0.6 is 0 Å². The van der Waals surface area contributed by atoms with Crippen molar-refractivity contribution in [3.8, 4) is 0 Å². The molecule has 1 rings (SSSR count). The highest BCUT2D eigenvalue weighted by Gasteiger charge is 2.11. The summed E-state index contributed by atoms with van der Waals surface area (Å²) >= 11 is 0. The molecule has 0 aliphatic heterocycles. The first-order chi connectivity index (χ1) is 8.71. The number of benzene rings is 1. The number of primary sulfonamides is 1. The Morgan fingerprint density at radius 1 is 1.26 bits per heavy atom. The fourth-order valence-corrected chi connectivity index (χ4v) is 2.37. The summed E-state index contributed by atoms with van der Waals surface area (Å²) in [7, 11) is -4.50. The molecule has 0 aliphatic rings. The van der Waals surface area contributed by atoms with Gasteiger partial charge in [0.15, 0.2) is 0 Å². The summed E-state index contributed by atoms with van der Waals surface area (Å²) in [5.41, 5.74) is 0.960. The second kappa shape index (κ2) is 6.60. The van der Waals surface area contributed by atoms with Gasteiger partial charge in [-0.25, -0.2) is 13.6 Å². The maximum absolute atomic E-state index is 11.2. The molecule has 0 aromatic heterocycles. The van der Waals surface area contributed by atoms with E-state index >= 15 is 0 Å². The van der Waals surface area contributed by atoms with E-state index in [0.29, 0.717) is 6.54 Å². The summed E-state index contributed by atoms with van der Waals surface area (Å²) in [5, 5.41) is 8.38. The predicted molar refractivity (Wildman–Crippen MR) is 77.8 cm³/mol. The molecule has 5 nitrogen and oxygen atoms in total. The minimum absolute atomic E-state index is 0.0560. The average molecular weight is 304 g/mol. The van der Waals surface area contributed by atoms with Gasteiger partial charge < -0.3 is 5.32 Å². The van der Waals surface area contributed by atoms with Crippen LogP contribution in [0, 0.1) is 0 Å². The first-order valence-electron chi connectivity index (χ1n) is 5.90. The summed E-state index contributed by atoms with van der Waals surface area (Å²) in [6.45, 7) is 4.53. The van der Waals surface area contributed by atoms with Crippen LogP contribution in [0.4, 0.5) is 0 Å². The molecule has 108 valence electrons. The molecule has 1 aromatic rings. The van der Waals surface area contributed by atoms with E-state index in [1.165, 1.54) is 12.1 Å². The van der Waals surface area contributed by atoms with Crippen LogP contribution < -0.4 is 10.5 Å². The molecule has 0 saturated carbocycles. The third kappa shape index (κ3) is 5.02. The van der Waals surface area contributed by atoms with Crippen molar-refractivity contribution < 1.29 is 12.6 Å². The Kier molecular flexibility index (Phi) is 5.66. The molecule has 0 heterocycles. The van der Waals surface area contributed by atoms with E-state index in [1.807, 2.05) is 13.8 Å². The van der Waals surface area contributed by atoms with Crippen molar-refractivity contribution in [3.63, 3.8) is 0 Å². The van der Waals surface area contributed by atoms with E-state index in [4.69, 9.17) is 5.14 Å². The van der Waals surface area contributed by atoms with E-state index in [1.54, 1.807) is 18.4 Å². The van der Waals surface area contributed by atoms with Gasteiger partial charge in [0.2, 0.25) is 10.0 Å². The van der Waals surface area contributed by atoms with Crippen molar-refractivity contribution in [2.75, 3.05) is 12.8 Å². The Bertz CT molecular complexity index is 541. The third-order valence-electron chi connectivity index (χ3n) is 2.99. The van der Waals surface area contributed by atoms with Gasteiger partial charge in [-0.05, 0) is 31.5 Å².